The molecule has 0 unspecified atom stereocenters. The summed E-state index contributed by atoms with van der Waals surface area (Å²) in [6, 6.07) is 2.01. The van der Waals surface area contributed by atoms with E-state index in [4.69, 9.17) is 10.1 Å². The predicted octanol–water partition coefficient (Wildman–Crippen LogP) is 2.82. The zero-order valence-corrected chi connectivity index (χ0v) is 16.8. The minimum atomic E-state index is 0.0468. The maximum absolute atomic E-state index is 4.75. The number of anilines is 2. The van der Waals surface area contributed by atoms with E-state index in [1.807, 2.05) is 24.4 Å². The van der Waals surface area contributed by atoms with Crippen molar-refractivity contribution in [1.82, 2.24) is 24.6 Å². The van der Waals surface area contributed by atoms with Crippen LogP contribution >= 0.6 is 11.3 Å². The maximum atomic E-state index is 4.75. The van der Waals surface area contributed by atoms with Gasteiger partial charge in [-0.05, 0) is 19.9 Å². The highest BCUT2D eigenvalue weighted by Gasteiger charge is 2.24. The molecule has 0 aromatic carbocycles. The molecule has 138 valence electrons. The van der Waals surface area contributed by atoms with Gasteiger partial charge in [0, 0.05) is 43.0 Å². The SMILES string of the molecule is Cc1cc(C)nc(N2CCN(c3nn4cc(C(C)(C)C)nc4s3)CC2)n1. The molecule has 0 N–H and O–H groups in total. The standard InChI is InChI=1S/C18H25N7S/c1-12-10-13(2)20-15(19-12)23-6-8-24(9-7-23)17-22-25-11-14(18(3,4)5)21-16(25)26-17/h10-11H,6-9H2,1-5H3. The van der Waals surface area contributed by atoms with Gasteiger partial charge in [0.15, 0.2) is 0 Å². The van der Waals surface area contributed by atoms with E-state index in [9.17, 15) is 0 Å². The normalized spacial score (nSPS) is 15.9. The van der Waals surface area contributed by atoms with Gasteiger partial charge in [0.25, 0.3) is 0 Å². The highest BCUT2D eigenvalue weighted by atomic mass is 32.1. The summed E-state index contributed by atoms with van der Waals surface area (Å²) < 4.78 is 1.92. The minimum Gasteiger partial charge on any atom is -0.343 e. The Labute approximate surface area is 157 Å². The Hall–Kier alpha value is -2.22. The fourth-order valence-corrected chi connectivity index (χ4v) is 4.06. The number of aryl methyl sites for hydroxylation is 2. The van der Waals surface area contributed by atoms with Crippen LogP contribution in [-0.4, -0.2) is 50.7 Å². The van der Waals surface area contributed by atoms with Gasteiger partial charge in [-0.2, -0.15) is 0 Å². The number of fused-ring (bicyclic) bond motifs is 1. The minimum absolute atomic E-state index is 0.0468. The molecule has 0 amide bonds. The molecule has 4 heterocycles. The maximum Gasteiger partial charge on any atom is 0.225 e. The van der Waals surface area contributed by atoms with Gasteiger partial charge in [-0.3, -0.25) is 0 Å². The van der Waals surface area contributed by atoms with Crippen LogP contribution in [0.5, 0.6) is 0 Å². The summed E-state index contributed by atoms with van der Waals surface area (Å²) in [5.74, 6) is 0.839. The van der Waals surface area contributed by atoms with E-state index >= 15 is 0 Å². The van der Waals surface area contributed by atoms with E-state index < -0.39 is 0 Å². The van der Waals surface area contributed by atoms with E-state index in [-0.39, 0.29) is 5.41 Å². The van der Waals surface area contributed by atoms with Crippen LogP contribution in [-0.2, 0) is 5.41 Å². The van der Waals surface area contributed by atoms with Crippen LogP contribution < -0.4 is 9.80 Å². The Bertz CT molecular complexity index is 877. The van der Waals surface area contributed by atoms with Gasteiger partial charge in [0.1, 0.15) is 0 Å². The van der Waals surface area contributed by atoms with E-state index in [1.54, 1.807) is 11.3 Å². The monoisotopic (exact) mass is 371 g/mol. The molecular formula is C18H25N7S. The number of rotatable bonds is 2. The van der Waals surface area contributed by atoms with Crippen LogP contribution in [0.1, 0.15) is 37.9 Å². The summed E-state index contributed by atoms with van der Waals surface area (Å²) in [4.78, 5) is 19.5. The Morgan fingerprint density at radius 3 is 2.12 bits per heavy atom. The largest absolute Gasteiger partial charge is 0.343 e. The molecule has 0 atom stereocenters. The second-order valence-electron chi connectivity index (χ2n) is 7.91. The molecule has 0 spiro atoms. The summed E-state index contributed by atoms with van der Waals surface area (Å²) in [6.45, 7) is 14.2. The van der Waals surface area contributed by atoms with Crippen molar-refractivity contribution < 1.29 is 0 Å². The Balaban J connectivity index is 1.47. The number of hydrogen-bond acceptors (Lipinski definition) is 7. The Morgan fingerprint density at radius 1 is 0.923 bits per heavy atom. The fraction of sp³-hybridized carbons (Fsp3) is 0.556. The first-order valence-corrected chi connectivity index (χ1v) is 9.80. The third-order valence-electron chi connectivity index (χ3n) is 4.60. The van der Waals surface area contributed by atoms with E-state index in [2.05, 4.69) is 46.7 Å². The molecule has 1 aliphatic heterocycles. The van der Waals surface area contributed by atoms with Gasteiger partial charge in [-0.25, -0.2) is 19.5 Å². The molecular weight excluding hydrogens is 346 g/mol. The van der Waals surface area contributed by atoms with Crippen LogP contribution in [0.25, 0.3) is 4.96 Å². The highest BCUT2D eigenvalue weighted by Crippen LogP contribution is 2.28. The van der Waals surface area contributed by atoms with Gasteiger partial charge in [0.05, 0.1) is 11.9 Å². The summed E-state index contributed by atoms with van der Waals surface area (Å²) in [7, 11) is 0. The van der Waals surface area contributed by atoms with E-state index in [0.29, 0.717) is 0 Å². The van der Waals surface area contributed by atoms with Crippen LogP contribution in [0.4, 0.5) is 11.1 Å². The lowest BCUT2D eigenvalue weighted by Gasteiger charge is -2.34. The lowest BCUT2D eigenvalue weighted by molar-refractivity contribution is 0.572. The third-order valence-corrected chi connectivity index (χ3v) is 5.59. The Morgan fingerprint density at radius 2 is 1.54 bits per heavy atom. The summed E-state index contributed by atoms with van der Waals surface area (Å²) in [5.41, 5.74) is 3.17. The summed E-state index contributed by atoms with van der Waals surface area (Å²) in [6.07, 6.45) is 2.05. The molecule has 0 bridgehead atoms. The number of imidazole rings is 1. The van der Waals surface area contributed by atoms with Gasteiger partial charge in [0.2, 0.25) is 16.0 Å². The zero-order chi connectivity index (χ0) is 18.5. The Kier molecular flexibility index (Phi) is 4.10. The third kappa shape index (κ3) is 3.25. The first-order valence-electron chi connectivity index (χ1n) is 8.98. The molecule has 8 heteroatoms. The molecule has 0 radical (unpaired) electrons. The average Bonchev–Trinajstić information content (AvgIpc) is 3.12. The number of aromatic nitrogens is 5. The highest BCUT2D eigenvalue weighted by molar-refractivity contribution is 7.20. The van der Waals surface area contributed by atoms with Crippen molar-refractivity contribution in [3.63, 3.8) is 0 Å². The molecule has 0 saturated carbocycles. The van der Waals surface area contributed by atoms with Crippen LogP contribution in [0.3, 0.4) is 0 Å². The zero-order valence-electron chi connectivity index (χ0n) is 16.0. The quantitative estimate of drug-likeness (QED) is 0.690. The molecule has 0 aliphatic carbocycles. The molecule has 3 aromatic rings. The average molecular weight is 372 g/mol. The first kappa shape index (κ1) is 17.2. The first-order chi connectivity index (χ1) is 12.3. The van der Waals surface area contributed by atoms with E-state index in [0.717, 1.165) is 59.3 Å². The molecule has 3 aromatic heterocycles. The van der Waals surface area contributed by atoms with Gasteiger partial charge >= 0.3 is 0 Å². The van der Waals surface area contributed by atoms with Crippen molar-refractivity contribution in [1.29, 1.82) is 0 Å². The van der Waals surface area contributed by atoms with Gasteiger partial charge in [-0.15, -0.1) is 5.10 Å². The van der Waals surface area contributed by atoms with Crippen LogP contribution in [0.15, 0.2) is 12.3 Å². The van der Waals surface area contributed by atoms with Crippen molar-refractivity contribution in [2.45, 2.75) is 40.0 Å². The number of nitrogens with zero attached hydrogens (tertiary/aromatic N) is 7. The molecule has 1 aliphatic rings. The lowest BCUT2D eigenvalue weighted by Crippen LogP contribution is -2.47. The molecule has 4 rings (SSSR count). The second kappa shape index (κ2) is 6.19. The van der Waals surface area contributed by atoms with Crippen molar-refractivity contribution in [2.24, 2.45) is 0 Å². The summed E-state index contributed by atoms with van der Waals surface area (Å²) in [5, 5.41) is 5.78. The summed E-state index contributed by atoms with van der Waals surface area (Å²) >= 11 is 1.66. The smallest absolute Gasteiger partial charge is 0.225 e. The molecule has 26 heavy (non-hydrogen) atoms. The topological polar surface area (TPSA) is 62.5 Å². The van der Waals surface area contributed by atoms with Crippen LogP contribution in [0, 0.1) is 13.8 Å². The second-order valence-corrected chi connectivity index (χ2v) is 8.85. The van der Waals surface area contributed by atoms with Gasteiger partial charge in [-0.1, -0.05) is 32.1 Å². The fourth-order valence-electron chi connectivity index (χ4n) is 3.13. The van der Waals surface area contributed by atoms with Crippen molar-refractivity contribution in [3.05, 3.63) is 29.3 Å². The molecule has 7 nitrogen and oxygen atoms in total. The lowest BCUT2D eigenvalue weighted by atomic mass is 9.93. The van der Waals surface area contributed by atoms with Crippen molar-refractivity contribution in [2.75, 3.05) is 36.0 Å². The predicted molar refractivity (Wildman–Crippen MR) is 105 cm³/mol. The number of piperazine rings is 1. The van der Waals surface area contributed by atoms with Gasteiger partial charge < -0.3 is 9.80 Å². The molecule has 1 saturated heterocycles. The van der Waals surface area contributed by atoms with Crippen LogP contribution in [0.2, 0.25) is 0 Å². The van der Waals surface area contributed by atoms with E-state index in [1.165, 1.54) is 0 Å². The van der Waals surface area contributed by atoms with Crippen molar-refractivity contribution >= 4 is 27.4 Å². The number of hydrogen-bond donors (Lipinski definition) is 0. The van der Waals surface area contributed by atoms with Crippen molar-refractivity contribution in [3.8, 4) is 0 Å². The molecule has 1 fully saturated rings.